The van der Waals surface area contributed by atoms with Crippen LogP contribution < -0.4 is 5.32 Å². The lowest BCUT2D eigenvalue weighted by Gasteiger charge is -2.43. The van der Waals surface area contributed by atoms with Crippen LogP contribution in [0.5, 0.6) is 0 Å². The van der Waals surface area contributed by atoms with E-state index < -0.39 is 12.1 Å². The van der Waals surface area contributed by atoms with Crippen molar-refractivity contribution in [1.82, 2.24) is 10.2 Å². The quantitative estimate of drug-likeness (QED) is 0.593. The normalized spacial score (nSPS) is 23.8. The van der Waals surface area contributed by atoms with Crippen LogP contribution in [-0.4, -0.2) is 46.9 Å². The summed E-state index contributed by atoms with van der Waals surface area (Å²) >= 11 is 0. The van der Waals surface area contributed by atoms with Gasteiger partial charge < -0.3 is 20.1 Å². The molecule has 130 valence electrons. The molecule has 1 aromatic rings. The Labute approximate surface area is 141 Å². The van der Waals surface area contributed by atoms with Gasteiger partial charge in [-0.1, -0.05) is 30.3 Å². The average molecular weight is 332 g/mol. The Morgan fingerprint density at radius 3 is 2.67 bits per heavy atom. The highest BCUT2D eigenvalue weighted by Crippen LogP contribution is 2.33. The van der Waals surface area contributed by atoms with E-state index in [0.717, 1.165) is 24.7 Å². The van der Waals surface area contributed by atoms with E-state index in [9.17, 15) is 14.4 Å². The number of likely N-dealkylation sites (tertiary alicyclic amines) is 1. The number of piperidine rings is 1. The lowest BCUT2D eigenvalue weighted by molar-refractivity contribution is -0.139. The van der Waals surface area contributed by atoms with Crippen molar-refractivity contribution in [3.8, 4) is 0 Å². The van der Waals surface area contributed by atoms with Crippen molar-refractivity contribution in [3.63, 3.8) is 0 Å². The smallest absolute Gasteiger partial charge is 0.405 e. The van der Waals surface area contributed by atoms with Crippen LogP contribution in [0.1, 0.15) is 44.1 Å². The third-order valence-corrected chi connectivity index (χ3v) is 4.64. The maximum Gasteiger partial charge on any atom is 0.405 e. The maximum atomic E-state index is 12.6. The van der Waals surface area contributed by atoms with Gasteiger partial charge in [0.1, 0.15) is 12.3 Å². The number of nitrogens with one attached hydrogen (secondary N) is 1. The van der Waals surface area contributed by atoms with E-state index in [1.807, 2.05) is 37.3 Å². The van der Waals surface area contributed by atoms with Crippen molar-refractivity contribution in [2.75, 3.05) is 6.54 Å². The summed E-state index contributed by atoms with van der Waals surface area (Å²) in [6.07, 6.45) is 2.10. The molecule has 2 rings (SSSR count). The van der Waals surface area contributed by atoms with Crippen LogP contribution in [0.4, 0.5) is 4.79 Å². The average Bonchev–Trinajstić information content (AvgIpc) is 2.57. The van der Waals surface area contributed by atoms with E-state index in [1.165, 1.54) is 0 Å². The van der Waals surface area contributed by atoms with Crippen LogP contribution >= 0.6 is 0 Å². The molecule has 1 saturated heterocycles. The first-order chi connectivity index (χ1) is 11.5. The Morgan fingerprint density at radius 1 is 1.33 bits per heavy atom. The SMILES string of the molecule is CC1C(c2ccccc2)CC(NC(=O)O)C(=O)N1CCCCC=O. The van der Waals surface area contributed by atoms with Crippen LogP contribution in [0.15, 0.2) is 30.3 Å². The fraction of sp³-hybridized carbons (Fsp3) is 0.500. The number of amides is 2. The molecule has 0 spiro atoms. The third-order valence-electron chi connectivity index (χ3n) is 4.64. The number of rotatable bonds is 7. The van der Waals surface area contributed by atoms with Crippen LogP contribution in [-0.2, 0) is 9.59 Å². The number of carbonyl (C=O) groups is 3. The minimum Gasteiger partial charge on any atom is -0.465 e. The molecule has 6 nitrogen and oxygen atoms in total. The molecule has 0 aromatic heterocycles. The molecule has 1 heterocycles. The van der Waals surface area contributed by atoms with Crippen LogP contribution in [0, 0.1) is 0 Å². The number of hydrogen-bond acceptors (Lipinski definition) is 3. The van der Waals surface area contributed by atoms with Crippen molar-refractivity contribution in [3.05, 3.63) is 35.9 Å². The molecular weight excluding hydrogens is 308 g/mol. The zero-order chi connectivity index (χ0) is 17.5. The van der Waals surface area contributed by atoms with Gasteiger partial charge >= 0.3 is 6.09 Å². The summed E-state index contributed by atoms with van der Waals surface area (Å²) in [5, 5.41) is 11.4. The molecule has 3 atom stereocenters. The van der Waals surface area contributed by atoms with Gasteiger partial charge in [0, 0.05) is 24.9 Å². The second kappa shape index (κ2) is 8.47. The van der Waals surface area contributed by atoms with Gasteiger partial charge in [0.15, 0.2) is 0 Å². The van der Waals surface area contributed by atoms with Crippen molar-refractivity contribution in [2.24, 2.45) is 0 Å². The third kappa shape index (κ3) is 4.34. The van der Waals surface area contributed by atoms with E-state index in [0.29, 0.717) is 19.4 Å². The van der Waals surface area contributed by atoms with E-state index in [2.05, 4.69) is 5.32 Å². The molecule has 0 radical (unpaired) electrons. The van der Waals surface area contributed by atoms with Gasteiger partial charge in [0.2, 0.25) is 5.91 Å². The van der Waals surface area contributed by atoms with Crippen molar-refractivity contribution in [2.45, 2.75) is 50.6 Å². The van der Waals surface area contributed by atoms with Gasteiger partial charge in [-0.2, -0.15) is 0 Å². The molecule has 24 heavy (non-hydrogen) atoms. The van der Waals surface area contributed by atoms with Gasteiger partial charge in [-0.3, -0.25) is 4.79 Å². The summed E-state index contributed by atoms with van der Waals surface area (Å²) in [5.41, 5.74) is 1.10. The first-order valence-corrected chi connectivity index (χ1v) is 8.33. The Balaban J connectivity index is 2.17. The molecule has 1 fully saturated rings. The van der Waals surface area contributed by atoms with Crippen molar-refractivity contribution >= 4 is 18.3 Å². The summed E-state index contributed by atoms with van der Waals surface area (Å²) in [7, 11) is 0. The Morgan fingerprint density at radius 2 is 2.04 bits per heavy atom. The molecule has 0 bridgehead atoms. The standard InChI is InChI=1S/C18H24N2O4/c1-13-15(14-8-4-2-5-9-14)12-16(19-18(23)24)17(22)20(13)10-6-3-7-11-21/h2,4-5,8-9,11,13,15-16,19H,3,6-7,10,12H2,1H3,(H,23,24). The summed E-state index contributed by atoms with van der Waals surface area (Å²) in [4.78, 5) is 35.9. The number of carboxylic acid groups (broad SMARTS) is 1. The molecule has 0 saturated carbocycles. The van der Waals surface area contributed by atoms with Crippen LogP contribution in [0.25, 0.3) is 0 Å². The largest absolute Gasteiger partial charge is 0.465 e. The lowest BCUT2D eigenvalue weighted by Crippen LogP contribution is -2.58. The van der Waals surface area contributed by atoms with Gasteiger partial charge in [-0.05, 0) is 31.7 Å². The highest BCUT2D eigenvalue weighted by Gasteiger charge is 2.40. The number of carbonyl (C=O) groups excluding carboxylic acids is 2. The number of aldehydes is 1. The Bertz CT molecular complexity index is 576. The molecular formula is C18H24N2O4. The monoisotopic (exact) mass is 332 g/mol. The topological polar surface area (TPSA) is 86.7 Å². The number of nitrogens with zero attached hydrogens (tertiary/aromatic N) is 1. The minimum absolute atomic E-state index is 0.0111. The molecule has 3 unspecified atom stereocenters. The molecule has 2 N–H and O–H groups in total. The van der Waals surface area contributed by atoms with Crippen LogP contribution in [0.3, 0.4) is 0 Å². The van der Waals surface area contributed by atoms with E-state index >= 15 is 0 Å². The second-order valence-corrected chi connectivity index (χ2v) is 6.19. The predicted octanol–water partition coefficient (Wildman–Crippen LogP) is 2.40. The van der Waals surface area contributed by atoms with Crippen molar-refractivity contribution in [1.29, 1.82) is 0 Å². The number of hydrogen-bond donors (Lipinski definition) is 2. The van der Waals surface area contributed by atoms with E-state index in [4.69, 9.17) is 5.11 Å². The molecule has 1 aromatic carbocycles. The fourth-order valence-electron chi connectivity index (χ4n) is 3.38. The Kier molecular flexibility index (Phi) is 6.35. The molecule has 2 amide bonds. The molecule has 0 aliphatic carbocycles. The highest BCUT2D eigenvalue weighted by molar-refractivity contribution is 5.86. The van der Waals surface area contributed by atoms with Crippen molar-refractivity contribution < 1.29 is 19.5 Å². The summed E-state index contributed by atoms with van der Waals surface area (Å²) in [6.45, 7) is 2.54. The fourth-order valence-corrected chi connectivity index (χ4v) is 3.38. The van der Waals surface area contributed by atoms with Gasteiger partial charge in [-0.15, -0.1) is 0 Å². The zero-order valence-corrected chi connectivity index (χ0v) is 13.9. The molecule has 1 aliphatic rings. The Hall–Kier alpha value is -2.37. The first-order valence-electron chi connectivity index (χ1n) is 8.33. The molecule has 6 heteroatoms. The lowest BCUT2D eigenvalue weighted by atomic mass is 9.81. The minimum atomic E-state index is -1.18. The molecule has 1 aliphatic heterocycles. The van der Waals surface area contributed by atoms with Gasteiger partial charge in [0.25, 0.3) is 0 Å². The maximum absolute atomic E-state index is 12.6. The second-order valence-electron chi connectivity index (χ2n) is 6.19. The van der Waals surface area contributed by atoms with Gasteiger partial charge in [0.05, 0.1) is 0 Å². The first kappa shape index (κ1) is 18.0. The summed E-state index contributed by atoms with van der Waals surface area (Å²) < 4.78 is 0. The summed E-state index contributed by atoms with van der Waals surface area (Å²) in [6, 6.07) is 9.13. The van der Waals surface area contributed by atoms with Gasteiger partial charge in [-0.25, -0.2) is 4.79 Å². The number of benzene rings is 1. The number of unbranched alkanes of at least 4 members (excludes halogenated alkanes) is 2. The summed E-state index contributed by atoms with van der Waals surface area (Å²) in [5.74, 6) is -0.102. The highest BCUT2D eigenvalue weighted by atomic mass is 16.4. The zero-order valence-electron chi connectivity index (χ0n) is 13.9. The van der Waals surface area contributed by atoms with Crippen LogP contribution in [0.2, 0.25) is 0 Å². The van der Waals surface area contributed by atoms with E-state index in [-0.39, 0.29) is 17.9 Å². The predicted molar refractivity (Wildman–Crippen MR) is 89.8 cm³/mol. The van der Waals surface area contributed by atoms with E-state index in [1.54, 1.807) is 4.90 Å².